The highest BCUT2D eigenvalue weighted by Gasteiger charge is 2.34. The minimum atomic E-state index is -3.88. The molecule has 208 valence electrons. The molecule has 11 heteroatoms. The van der Waals surface area contributed by atoms with E-state index in [2.05, 4.69) is 4.98 Å². The number of amides is 1. The van der Waals surface area contributed by atoms with Gasteiger partial charge in [0, 0.05) is 47.6 Å². The molecule has 0 aliphatic carbocycles. The fourth-order valence-corrected chi connectivity index (χ4v) is 7.40. The zero-order valence-electron chi connectivity index (χ0n) is 22.0. The number of piperidine rings is 1. The van der Waals surface area contributed by atoms with E-state index in [9.17, 15) is 18.0 Å². The second-order valence-corrected chi connectivity index (χ2v) is 13.1. The first-order chi connectivity index (χ1) is 19.7. The quantitative estimate of drug-likeness (QED) is 0.243. The summed E-state index contributed by atoms with van der Waals surface area (Å²) in [6, 6.07) is 22.5. The first kappa shape index (κ1) is 27.2. The van der Waals surface area contributed by atoms with Crippen LogP contribution in [0.5, 0.6) is 0 Å². The fraction of sp³-hybridized carbons (Fsp3) is 0.167. The maximum atomic E-state index is 13.6. The number of carbonyl (C=O) groups excluding carboxylic acids is 1. The highest BCUT2D eigenvalue weighted by Crippen LogP contribution is 2.35. The molecule has 0 spiro atoms. The molecule has 1 aliphatic heterocycles. The maximum Gasteiger partial charge on any atom is 0.265 e. The van der Waals surface area contributed by atoms with Crippen molar-refractivity contribution in [1.82, 2.24) is 9.55 Å². The molecule has 6 rings (SSSR count). The molecule has 2 aromatic heterocycles. The molecule has 5 aromatic rings. The van der Waals surface area contributed by atoms with E-state index < -0.39 is 15.9 Å². The minimum Gasteiger partial charge on any atom is -0.312 e. The highest BCUT2D eigenvalue weighted by molar-refractivity contribution is 7.92. The average molecular weight is 605 g/mol. The van der Waals surface area contributed by atoms with Gasteiger partial charge < -0.3 is 4.90 Å². The van der Waals surface area contributed by atoms with Crippen molar-refractivity contribution in [2.75, 3.05) is 22.8 Å². The predicted octanol–water partition coefficient (Wildman–Crippen LogP) is 5.84. The number of pyridine rings is 1. The van der Waals surface area contributed by atoms with E-state index in [0.29, 0.717) is 28.7 Å². The van der Waals surface area contributed by atoms with E-state index in [1.54, 1.807) is 69.6 Å². The lowest BCUT2D eigenvalue weighted by atomic mass is 9.97. The molecule has 3 heterocycles. The van der Waals surface area contributed by atoms with Crippen molar-refractivity contribution < 1.29 is 13.2 Å². The molecule has 3 aromatic carbocycles. The molecule has 1 aliphatic rings. The van der Waals surface area contributed by atoms with Gasteiger partial charge in [0.2, 0.25) is 5.91 Å². The van der Waals surface area contributed by atoms with Crippen LogP contribution >= 0.6 is 22.9 Å². The number of hydrogen-bond donors (Lipinski definition) is 0. The normalized spacial score (nSPS) is 15.8. The van der Waals surface area contributed by atoms with Crippen molar-refractivity contribution in [3.8, 4) is 5.69 Å². The van der Waals surface area contributed by atoms with Crippen LogP contribution in [0.1, 0.15) is 23.8 Å². The largest absolute Gasteiger partial charge is 0.312 e. The summed E-state index contributed by atoms with van der Waals surface area (Å²) >= 11 is 7.35. The van der Waals surface area contributed by atoms with E-state index in [1.807, 2.05) is 24.3 Å². The highest BCUT2D eigenvalue weighted by atomic mass is 35.5. The van der Waals surface area contributed by atoms with Gasteiger partial charge in [0.25, 0.3) is 15.6 Å². The lowest BCUT2D eigenvalue weighted by molar-refractivity contribution is -0.121. The van der Waals surface area contributed by atoms with Crippen LogP contribution in [0, 0.1) is 0 Å². The Kier molecular flexibility index (Phi) is 7.14. The van der Waals surface area contributed by atoms with Gasteiger partial charge in [-0.25, -0.2) is 13.4 Å². The molecule has 0 radical (unpaired) electrons. The number of benzene rings is 3. The number of fused-ring (bicyclic) bond motifs is 1. The van der Waals surface area contributed by atoms with E-state index in [0.717, 1.165) is 27.2 Å². The standard InChI is InChI=1S/C30H25ClN4O4S2/c1-33(41(38,39)25-14-8-20-17-22(31)9-7-21(20)18-25)27-19-40-29(32-27)26-5-4-16-35(30(26)37)24-12-10-23(11-13-24)34-15-3-2-6-28(34)36/h2-3,6-15,17-19,26H,4-5,16H2,1H3. The third kappa shape index (κ3) is 5.14. The number of hydrogen-bond acceptors (Lipinski definition) is 6. The Balaban J connectivity index is 1.22. The number of nitrogens with zero attached hydrogens (tertiary/aromatic N) is 4. The predicted molar refractivity (Wildman–Crippen MR) is 163 cm³/mol. The fourth-order valence-electron chi connectivity index (χ4n) is 5.01. The Bertz CT molecular complexity index is 1940. The summed E-state index contributed by atoms with van der Waals surface area (Å²) in [5, 5.41) is 4.44. The van der Waals surface area contributed by atoms with Crippen molar-refractivity contribution >= 4 is 61.1 Å². The van der Waals surface area contributed by atoms with Crippen LogP contribution in [0.25, 0.3) is 16.5 Å². The first-order valence-electron chi connectivity index (χ1n) is 13.0. The molecule has 0 saturated carbocycles. The van der Waals surface area contributed by atoms with E-state index >= 15 is 0 Å². The van der Waals surface area contributed by atoms with Gasteiger partial charge in [0.1, 0.15) is 5.01 Å². The Hall–Kier alpha value is -3.99. The van der Waals surface area contributed by atoms with Crippen LogP contribution in [-0.2, 0) is 14.8 Å². The van der Waals surface area contributed by atoms with Crippen LogP contribution in [0.4, 0.5) is 11.5 Å². The third-order valence-corrected chi connectivity index (χ3v) is 10.2. The molecule has 1 saturated heterocycles. The molecular formula is C30H25ClN4O4S2. The molecule has 8 nitrogen and oxygen atoms in total. The van der Waals surface area contributed by atoms with E-state index in [1.165, 1.54) is 24.5 Å². The van der Waals surface area contributed by atoms with Gasteiger partial charge in [-0.05, 0) is 78.2 Å². The zero-order valence-corrected chi connectivity index (χ0v) is 24.4. The molecule has 1 atom stereocenters. The van der Waals surface area contributed by atoms with Gasteiger partial charge in [-0.15, -0.1) is 11.3 Å². The number of rotatable bonds is 6. The molecule has 1 amide bonds. The number of thiazole rings is 1. The lowest BCUT2D eigenvalue weighted by Gasteiger charge is -2.31. The van der Waals surface area contributed by atoms with Crippen molar-refractivity contribution in [1.29, 1.82) is 0 Å². The Morgan fingerprint density at radius 3 is 2.46 bits per heavy atom. The summed E-state index contributed by atoms with van der Waals surface area (Å²) in [6.07, 6.45) is 3.11. The number of aromatic nitrogens is 2. The summed E-state index contributed by atoms with van der Waals surface area (Å²) in [6.45, 7) is 0.569. The van der Waals surface area contributed by atoms with Gasteiger partial charge in [-0.3, -0.25) is 18.5 Å². The number of anilines is 2. The lowest BCUT2D eigenvalue weighted by Crippen LogP contribution is -2.40. The second-order valence-electron chi connectivity index (χ2n) is 9.78. The zero-order chi connectivity index (χ0) is 28.7. The van der Waals surface area contributed by atoms with Gasteiger partial charge in [-0.1, -0.05) is 29.8 Å². The monoisotopic (exact) mass is 604 g/mol. The van der Waals surface area contributed by atoms with Gasteiger partial charge in [-0.2, -0.15) is 0 Å². The maximum absolute atomic E-state index is 13.6. The average Bonchev–Trinajstić information content (AvgIpc) is 3.47. The Labute approximate surface area is 246 Å². The molecule has 0 bridgehead atoms. The first-order valence-corrected chi connectivity index (χ1v) is 15.7. The third-order valence-electron chi connectivity index (χ3n) is 7.26. The van der Waals surface area contributed by atoms with E-state index in [-0.39, 0.29) is 22.2 Å². The number of carbonyl (C=O) groups is 1. The molecule has 41 heavy (non-hydrogen) atoms. The number of sulfonamides is 1. The number of halogens is 1. The van der Waals surface area contributed by atoms with Gasteiger partial charge in [0.15, 0.2) is 5.82 Å². The minimum absolute atomic E-state index is 0.0829. The Morgan fingerprint density at radius 1 is 0.951 bits per heavy atom. The molecule has 0 N–H and O–H groups in total. The summed E-state index contributed by atoms with van der Waals surface area (Å²) in [7, 11) is -2.42. The van der Waals surface area contributed by atoms with E-state index in [4.69, 9.17) is 11.6 Å². The van der Waals surface area contributed by atoms with Crippen LogP contribution in [-0.4, -0.2) is 37.5 Å². The van der Waals surface area contributed by atoms with Crippen LogP contribution in [0.3, 0.4) is 0 Å². The van der Waals surface area contributed by atoms with Crippen LogP contribution in [0.15, 0.2) is 100 Å². The van der Waals surface area contributed by atoms with Gasteiger partial charge >= 0.3 is 0 Å². The molecular weight excluding hydrogens is 580 g/mol. The smallest absolute Gasteiger partial charge is 0.265 e. The summed E-state index contributed by atoms with van der Waals surface area (Å²) < 4.78 is 29.6. The van der Waals surface area contributed by atoms with Crippen molar-refractivity contribution in [2.45, 2.75) is 23.7 Å². The molecule has 1 unspecified atom stereocenters. The summed E-state index contributed by atoms with van der Waals surface area (Å²) in [5.74, 6) is -0.287. The van der Waals surface area contributed by atoms with Crippen molar-refractivity contribution in [3.63, 3.8) is 0 Å². The van der Waals surface area contributed by atoms with Crippen molar-refractivity contribution in [3.05, 3.63) is 111 Å². The SMILES string of the molecule is CN(c1csc(C2CCCN(c3ccc(-n4ccccc4=O)cc3)C2=O)n1)S(=O)(=O)c1ccc2cc(Cl)ccc2c1. The summed E-state index contributed by atoms with van der Waals surface area (Å²) in [4.78, 5) is 32.2. The molecule has 1 fully saturated rings. The van der Waals surface area contributed by atoms with Crippen molar-refractivity contribution in [2.24, 2.45) is 0 Å². The van der Waals surface area contributed by atoms with Gasteiger partial charge in [0.05, 0.1) is 10.8 Å². The summed E-state index contributed by atoms with van der Waals surface area (Å²) in [5.41, 5.74) is 1.32. The Morgan fingerprint density at radius 2 is 1.68 bits per heavy atom. The topological polar surface area (TPSA) is 92.6 Å². The van der Waals surface area contributed by atoms with Crippen LogP contribution in [0.2, 0.25) is 5.02 Å². The second kappa shape index (κ2) is 10.8. The van der Waals surface area contributed by atoms with Crippen LogP contribution < -0.4 is 14.8 Å².